The first-order valence-corrected chi connectivity index (χ1v) is 4.15. The molecule has 0 amide bonds. The highest BCUT2D eigenvalue weighted by molar-refractivity contribution is 9.10. The molecule has 0 aromatic heterocycles. The van der Waals surface area contributed by atoms with Crippen molar-refractivity contribution < 1.29 is 17.6 Å². The van der Waals surface area contributed by atoms with E-state index in [1.54, 1.807) is 15.9 Å². The Kier molecular flexibility index (Phi) is 2.66. The van der Waals surface area contributed by atoms with Gasteiger partial charge >= 0.3 is 10.8 Å². The van der Waals surface area contributed by atoms with Crippen LogP contribution >= 0.6 is 15.9 Å². The molecule has 0 atom stereocenters. The molecule has 0 radical (unpaired) electrons. The van der Waals surface area contributed by atoms with Gasteiger partial charge in [-0.1, -0.05) is 30.3 Å². The van der Waals surface area contributed by atoms with Crippen LogP contribution in [0.5, 0.6) is 0 Å². The molecule has 0 bridgehead atoms. The lowest BCUT2D eigenvalue weighted by molar-refractivity contribution is -0.153. The minimum absolute atomic E-state index is 0.711. The van der Waals surface area contributed by atoms with E-state index in [4.69, 9.17) is 0 Å². The number of hydrogen-bond acceptors (Lipinski definition) is 0. The van der Waals surface area contributed by atoms with Crippen LogP contribution in [0.3, 0.4) is 0 Å². The lowest BCUT2D eigenvalue weighted by Crippen LogP contribution is -2.31. The van der Waals surface area contributed by atoms with E-state index in [9.17, 15) is 17.6 Å². The molecule has 13 heavy (non-hydrogen) atoms. The monoisotopic (exact) mass is 256 g/mol. The van der Waals surface area contributed by atoms with Crippen LogP contribution < -0.4 is 0 Å². The van der Waals surface area contributed by atoms with E-state index in [0.717, 1.165) is 12.1 Å². The second kappa shape index (κ2) is 3.29. The Morgan fingerprint density at radius 3 is 1.77 bits per heavy atom. The second-order valence-corrected chi connectivity index (χ2v) is 3.43. The molecule has 0 unspecified atom stereocenters. The van der Waals surface area contributed by atoms with E-state index in [0.29, 0.717) is 0 Å². The predicted molar refractivity (Wildman–Crippen MR) is 44.2 cm³/mol. The maximum atomic E-state index is 12.9. The maximum Gasteiger partial charge on any atom is 0.367 e. The first-order chi connectivity index (χ1) is 5.86. The van der Waals surface area contributed by atoms with Gasteiger partial charge in [0.1, 0.15) is 0 Å². The fraction of sp³-hybridized carbons (Fsp3) is 0.250. The third-order valence-electron chi connectivity index (χ3n) is 1.49. The van der Waals surface area contributed by atoms with Crippen molar-refractivity contribution in [2.24, 2.45) is 0 Å². The number of halogens is 5. The molecule has 5 heteroatoms. The van der Waals surface area contributed by atoms with Gasteiger partial charge in [-0.2, -0.15) is 17.6 Å². The van der Waals surface area contributed by atoms with Crippen LogP contribution in [-0.2, 0) is 5.92 Å². The molecule has 1 aromatic carbocycles. The molecule has 0 fully saturated rings. The van der Waals surface area contributed by atoms with E-state index in [1.165, 1.54) is 18.2 Å². The molecule has 0 heterocycles. The van der Waals surface area contributed by atoms with Crippen LogP contribution in [0.25, 0.3) is 0 Å². The molecule has 0 aliphatic heterocycles. The first kappa shape index (κ1) is 10.5. The molecule has 0 aliphatic rings. The molecule has 1 aromatic rings. The van der Waals surface area contributed by atoms with Crippen LogP contribution in [0, 0.1) is 0 Å². The van der Waals surface area contributed by atoms with Gasteiger partial charge in [-0.05, 0) is 15.9 Å². The normalized spacial score (nSPS) is 13.0. The molecule has 0 saturated heterocycles. The summed E-state index contributed by atoms with van der Waals surface area (Å²) in [4.78, 5) is -4.22. The van der Waals surface area contributed by atoms with Gasteiger partial charge in [0.15, 0.2) is 0 Å². The summed E-state index contributed by atoms with van der Waals surface area (Å²) in [6.07, 6.45) is 0. The summed E-state index contributed by atoms with van der Waals surface area (Å²) >= 11 is 1.65. The van der Waals surface area contributed by atoms with Crippen LogP contribution in [-0.4, -0.2) is 4.83 Å². The first-order valence-electron chi connectivity index (χ1n) is 3.36. The minimum atomic E-state index is -4.22. The molecule has 0 spiro atoms. The standard InChI is InChI=1S/C8H5BrF4/c9-8(12,13)7(10,11)6-4-2-1-3-5-6/h1-5H. The Hall–Kier alpha value is -0.580. The van der Waals surface area contributed by atoms with Gasteiger partial charge in [-0.25, -0.2) is 0 Å². The molecule has 1 rings (SSSR count). The Morgan fingerprint density at radius 1 is 0.923 bits per heavy atom. The molecule has 0 saturated carbocycles. The summed E-state index contributed by atoms with van der Waals surface area (Å²) in [5, 5.41) is 0. The van der Waals surface area contributed by atoms with Crippen LogP contribution in [0.15, 0.2) is 30.3 Å². The summed E-state index contributed by atoms with van der Waals surface area (Å²) in [7, 11) is 0. The Morgan fingerprint density at radius 2 is 1.38 bits per heavy atom. The SMILES string of the molecule is FC(F)(Br)C(F)(F)c1ccccc1. The van der Waals surface area contributed by atoms with Crippen molar-refractivity contribution in [3.8, 4) is 0 Å². The lowest BCUT2D eigenvalue weighted by Gasteiger charge is -2.21. The van der Waals surface area contributed by atoms with Crippen molar-refractivity contribution in [3.05, 3.63) is 35.9 Å². The van der Waals surface area contributed by atoms with Gasteiger partial charge in [-0.15, -0.1) is 0 Å². The minimum Gasteiger partial charge on any atom is -0.193 e. The third kappa shape index (κ3) is 2.02. The third-order valence-corrected chi connectivity index (χ3v) is 1.99. The Balaban J connectivity index is 3.08. The Labute approximate surface area is 80.7 Å². The summed E-state index contributed by atoms with van der Waals surface area (Å²) in [5.41, 5.74) is -0.711. The molecular weight excluding hydrogens is 252 g/mol. The number of benzene rings is 1. The van der Waals surface area contributed by atoms with E-state index >= 15 is 0 Å². The average molecular weight is 257 g/mol. The van der Waals surface area contributed by atoms with E-state index < -0.39 is 16.3 Å². The molecule has 0 N–H and O–H groups in total. The van der Waals surface area contributed by atoms with Crippen molar-refractivity contribution in [2.45, 2.75) is 10.8 Å². The van der Waals surface area contributed by atoms with Gasteiger partial charge in [0, 0.05) is 5.56 Å². The van der Waals surface area contributed by atoms with E-state index in [1.807, 2.05) is 0 Å². The van der Waals surface area contributed by atoms with Gasteiger partial charge < -0.3 is 0 Å². The number of alkyl halides is 5. The highest BCUT2D eigenvalue weighted by atomic mass is 79.9. The predicted octanol–water partition coefficient (Wildman–Crippen LogP) is 3.77. The molecule has 0 aliphatic carbocycles. The Bertz CT molecular complexity index is 278. The largest absolute Gasteiger partial charge is 0.367 e. The topological polar surface area (TPSA) is 0 Å². The van der Waals surface area contributed by atoms with Crippen LogP contribution in [0.2, 0.25) is 0 Å². The lowest BCUT2D eigenvalue weighted by atomic mass is 10.1. The highest BCUT2D eigenvalue weighted by Crippen LogP contribution is 2.46. The van der Waals surface area contributed by atoms with Gasteiger partial charge in [0.25, 0.3) is 0 Å². The maximum absolute atomic E-state index is 12.9. The second-order valence-electron chi connectivity index (χ2n) is 2.44. The summed E-state index contributed by atoms with van der Waals surface area (Å²) in [6.45, 7) is 0. The quantitative estimate of drug-likeness (QED) is 0.558. The van der Waals surface area contributed by atoms with Crippen molar-refractivity contribution in [3.63, 3.8) is 0 Å². The summed E-state index contributed by atoms with van der Waals surface area (Å²) in [6, 6.07) is 5.94. The zero-order valence-corrected chi connectivity index (χ0v) is 7.86. The van der Waals surface area contributed by atoms with Crippen molar-refractivity contribution >= 4 is 15.9 Å². The zero-order valence-electron chi connectivity index (χ0n) is 6.28. The summed E-state index contributed by atoms with van der Waals surface area (Å²) < 4.78 is 50.4. The van der Waals surface area contributed by atoms with Crippen molar-refractivity contribution in [2.75, 3.05) is 0 Å². The van der Waals surface area contributed by atoms with Crippen LogP contribution in [0.1, 0.15) is 5.56 Å². The number of rotatable bonds is 2. The van der Waals surface area contributed by atoms with Crippen molar-refractivity contribution in [1.29, 1.82) is 0 Å². The van der Waals surface area contributed by atoms with Gasteiger partial charge in [-0.3, -0.25) is 0 Å². The van der Waals surface area contributed by atoms with Crippen molar-refractivity contribution in [1.82, 2.24) is 0 Å². The fourth-order valence-corrected chi connectivity index (χ4v) is 1.04. The average Bonchev–Trinajstić information content (AvgIpc) is 2.04. The molecule has 72 valence electrons. The van der Waals surface area contributed by atoms with Gasteiger partial charge in [0.2, 0.25) is 0 Å². The zero-order chi connectivity index (χ0) is 10.1. The van der Waals surface area contributed by atoms with Crippen LogP contribution in [0.4, 0.5) is 17.6 Å². The smallest absolute Gasteiger partial charge is 0.193 e. The fourth-order valence-electron chi connectivity index (χ4n) is 0.811. The summed E-state index contributed by atoms with van der Waals surface area (Å²) in [5.74, 6) is -4.19. The molecule has 0 nitrogen and oxygen atoms in total. The number of hydrogen-bond donors (Lipinski definition) is 0. The highest BCUT2D eigenvalue weighted by Gasteiger charge is 2.55. The molecular formula is C8H5BrF4. The van der Waals surface area contributed by atoms with E-state index in [-0.39, 0.29) is 0 Å². The van der Waals surface area contributed by atoms with Gasteiger partial charge in [0.05, 0.1) is 0 Å². The van der Waals surface area contributed by atoms with E-state index in [2.05, 4.69) is 0 Å².